The van der Waals surface area contributed by atoms with Crippen molar-refractivity contribution in [2.45, 2.75) is 45.1 Å². The Bertz CT molecular complexity index is 438. The molecule has 0 bridgehead atoms. The average molecular weight is 258 g/mol. The SMILES string of the molecule is CCCC(CCCc1cnc[nH]1)Nc1ccccn1. The molecule has 102 valence electrons. The summed E-state index contributed by atoms with van der Waals surface area (Å²) >= 11 is 0. The third-order valence-electron chi connectivity index (χ3n) is 3.21. The van der Waals surface area contributed by atoms with Crippen molar-refractivity contribution in [3.05, 3.63) is 42.6 Å². The van der Waals surface area contributed by atoms with Gasteiger partial charge in [-0.1, -0.05) is 19.4 Å². The Kier molecular flexibility index (Phi) is 5.41. The Hall–Kier alpha value is -1.84. The normalized spacial score (nSPS) is 12.3. The molecular formula is C15H22N4. The zero-order valence-electron chi connectivity index (χ0n) is 11.5. The number of pyridine rings is 1. The van der Waals surface area contributed by atoms with Gasteiger partial charge in [-0.25, -0.2) is 9.97 Å². The van der Waals surface area contributed by atoms with Crippen LogP contribution in [0.5, 0.6) is 0 Å². The van der Waals surface area contributed by atoms with Crippen LogP contribution in [0.3, 0.4) is 0 Å². The van der Waals surface area contributed by atoms with E-state index in [0.717, 1.165) is 25.1 Å². The molecular weight excluding hydrogens is 236 g/mol. The molecule has 0 amide bonds. The fraction of sp³-hybridized carbons (Fsp3) is 0.467. The second kappa shape index (κ2) is 7.56. The van der Waals surface area contributed by atoms with Gasteiger partial charge in [0, 0.05) is 24.1 Å². The molecule has 0 radical (unpaired) electrons. The number of hydrogen-bond acceptors (Lipinski definition) is 3. The first kappa shape index (κ1) is 13.6. The van der Waals surface area contributed by atoms with E-state index in [1.165, 1.54) is 18.5 Å². The Labute approximate surface area is 114 Å². The topological polar surface area (TPSA) is 53.6 Å². The van der Waals surface area contributed by atoms with E-state index in [4.69, 9.17) is 0 Å². The van der Waals surface area contributed by atoms with Crippen molar-refractivity contribution in [3.63, 3.8) is 0 Å². The molecule has 0 aromatic carbocycles. The summed E-state index contributed by atoms with van der Waals surface area (Å²) in [5.74, 6) is 0.975. The predicted molar refractivity (Wildman–Crippen MR) is 78.1 cm³/mol. The zero-order chi connectivity index (χ0) is 13.3. The van der Waals surface area contributed by atoms with Crippen molar-refractivity contribution < 1.29 is 0 Å². The third kappa shape index (κ3) is 4.73. The maximum atomic E-state index is 4.33. The monoisotopic (exact) mass is 258 g/mol. The van der Waals surface area contributed by atoms with Gasteiger partial charge in [0.2, 0.25) is 0 Å². The summed E-state index contributed by atoms with van der Waals surface area (Å²) in [6.45, 7) is 2.22. The van der Waals surface area contributed by atoms with Crippen LogP contribution in [0.4, 0.5) is 5.82 Å². The van der Waals surface area contributed by atoms with Crippen LogP contribution in [0.1, 0.15) is 38.3 Å². The lowest BCUT2D eigenvalue weighted by Gasteiger charge is -2.18. The van der Waals surface area contributed by atoms with E-state index < -0.39 is 0 Å². The minimum Gasteiger partial charge on any atom is -0.367 e. The maximum Gasteiger partial charge on any atom is 0.126 e. The van der Waals surface area contributed by atoms with Crippen LogP contribution in [0, 0.1) is 0 Å². The molecule has 4 nitrogen and oxygen atoms in total. The molecule has 19 heavy (non-hydrogen) atoms. The molecule has 2 aromatic rings. The highest BCUT2D eigenvalue weighted by molar-refractivity contribution is 5.34. The minimum atomic E-state index is 0.503. The molecule has 0 fully saturated rings. The van der Waals surface area contributed by atoms with E-state index in [1.807, 2.05) is 30.6 Å². The molecule has 0 aliphatic carbocycles. The summed E-state index contributed by atoms with van der Waals surface area (Å²) in [5.41, 5.74) is 1.22. The summed E-state index contributed by atoms with van der Waals surface area (Å²) in [6, 6.07) is 6.49. The van der Waals surface area contributed by atoms with Crippen molar-refractivity contribution in [1.82, 2.24) is 15.0 Å². The van der Waals surface area contributed by atoms with Gasteiger partial charge in [-0.3, -0.25) is 0 Å². The standard InChI is InChI=1S/C15H22N4/c1-2-6-13(19-15-9-3-4-10-17-15)7-5-8-14-11-16-12-18-14/h3-4,9-13H,2,5-8H2,1H3,(H,16,18)(H,17,19). The highest BCUT2D eigenvalue weighted by Crippen LogP contribution is 2.13. The summed E-state index contributed by atoms with van der Waals surface area (Å²) in [5, 5.41) is 3.52. The Morgan fingerprint density at radius 3 is 2.95 bits per heavy atom. The molecule has 2 rings (SSSR count). The van der Waals surface area contributed by atoms with Crippen LogP contribution in [-0.2, 0) is 6.42 Å². The quantitative estimate of drug-likeness (QED) is 0.763. The largest absolute Gasteiger partial charge is 0.367 e. The first-order chi connectivity index (χ1) is 9.38. The molecule has 4 heteroatoms. The fourth-order valence-electron chi connectivity index (χ4n) is 2.25. The number of rotatable bonds is 8. The van der Waals surface area contributed by atoms with Crippen LogP contribution in [0.25, 0.3) is 0 Å². The molecule has 0 saturated carbocycles. The Morgan fingerprint density at radius 1 is 1.32 bits per heavy atom. The number of nitrogens with zero attached hydrogens (tertiary/aromatic N) is 2. The number of aryl methyl sites for hydroxylation is 1. The van der Waals surface area contributed by atoms with E-state index in [1.54, 1.807) is 6.33 Å². The van der Waals surface area contributed by atoms with Crippen LogP contribution in [-0.4, -0.2) is 21.0 Å². The van der Waals surface area contributed by atoms with E-state index in [2.05, 4.69) is 27.2 Å². The zero-order valence-corrected chi connectivity index (χ0v) is 11.5. The highest BCUT2D eigenvalue weighted by atomic mass is 15.0. The number of nitrogens with one attached hydrogen (secondary N) is 2. The van der Waals surface area contributed by atoms with Gasteiger partial charge >= 0.3 is 0 Å². The lowest BCUT2D eigenvalue weighted by molar-refractivity contribution is 0.566. The van der Waals surface area contributed by atoms with E-state index >= 15 is 0 Å². The number of aromatic amines is 1. The molecule has 0 aliphatic heterocycles. The van der Waals surface area contributed by atoms with E-state index in [0.29, 0.717) is 6.04 Å². The molecule has 1 unspecified atom stereocenters. The third-order valence-corrected chi connectivity index (χ3v) is 3.21. The Morgan fingerprint density at radius 2 is 2.26 bits per heavy atom. The van der Waals surface area contributed by atoms with Gasteiger partial charge in [0.05, 0.1) is 6.33 Å². The summed E-state index contributed by atoms with van der Waals surface area (Å²) in [6.07, 6.45) is 11.2. The number of imidazole rings is 1. The van der Waals surface area contributed by atoms with Crippen molar-refractivity contribution in [2.24, 2.45) is 0 Å². The second-order valence-corrected chi connectivity index (χ2v) is 4.81. The van der Waals surface area contributed by atoms with Gasteiger partial charge in [0.15, 0.2) is 0 Å². The summed E-state index contributed by atoms with van der Waals surface area (Å²) in [7, 11) is 0. The summed E-state index contributed by atoms with van der Waals surface area (Å²) < 4.78 is 0. The van der Waals surface area contributed by atoms with Gasteiger partial charge in [-0.05, 0) is 37.8 Å². The van der Waals surface area contributed by atoms with Gasteiger partial charge in [-0.15, -0.1) is 0 Å². The van der Waals surface area contributed by atoms with Gasteiger partial charge in [-0.2, -0.15) is 0 Å². The smallest absolute Gasteiger partial charge is 0.126 e. The number of aromatic nitrogens is 3. The molecule has 2 heterocycles. The van der Waals surface area contributed by atoms with Gasteiger partial charge < -0.3 is 10.3 Å². The van der Waals surface area contributed by atoms with Crippen molar-refractivity contribution >= 4 is 5.82 Å². The Balaban J connectivity index is 1.79. The van der Waals surface area contributed by atoms with Crippen LogP contribution in [0.2, 0.25) is 0 Å². The average Bonchev–Trinajstić information content (AvgIpc) is 2.93. The maximum absolute atomic E-state index is 4.33. The first-order valence-electron chi connectivity index (χ1n) is 7.03. The van der Waals surface area contributed by atoms with Gasteiger partial charge in [0.1, 0.15) is 5.82 Å². The lowest BCUT2D eigenvalue weighted by Crippen LogP contribution is -2.20. The fourth-order valence-corrected chi connectivity index (χ4v) is 2.25. The summed E-state index contributed by atoms with van der Waals surface area (Å²) in [4.78, 5) is 11.5. The van der Waals surface area contributed by atoms with Crippen molar-refractivity contribution in [2.75, 3.05) is 5.32 Å². The molecule has 2 N–H and O–H groups in total. The van der Waals surface area contributed by atoms with Crippen LogP contribution >= 0.6 is 0 Å². The molecule has 0 aliphatic rings. The molecule has 2 aromatic heterocycles. The molecule has 1 atom stereocenters. The van der Waals surface area contributed by atoms with Crippen molar-refractivity contribution in [1.29, 1.82) is 0 Å². The lowest BCUT2D eigenvalue weighted by atomic mass is 10.0. The molecule has 0 saturated heterocycles. The van der Waals surface area contributed by atoms with Crippen LogP contribution in [0.15, 0.2) is 36.9 Å². The van der Waals surface area contributed by atoms with Gasteiger partial charge in [0.25, 0.3) is 0 Å². The van der Waals surface area contributed by atoms with Crippen LogP contribution < -0.4 is 5.32 Å². The number of H-pyrrole nitrogens is 1. The van der Waals surface area contributed by atoms with E-state index in [9.17, 15) is 0 Å². The second-order valence-electron chi connectivity index (χ2n) is 4.81. The van der Waals surface area contributed by atoms with Crippen molar-refractivity contribution in [3.8, 4) is 0 Å². The highest BCUT2D eigenvalue weighted by Gasteiger charge is 2.08. The molecule has 0 spiro atoms. The van der Waals surface area contributed by atoms with E-state index in [-0.39, 0.29) is 0 Å². The number of hydrogen-bond donors (Lipinski definition) is 2. The minimum absolute atomic E-state index is 0.503. The number of anilines is 1. The predicted octanol–water partition coefficient (Wildman–Crippen LogP) is 3.41. The first-order valence-corrected chi connectivity index (χ1v) is 7.03.